The standard InChI is InChI=1S/C24H26N2O3/c1-28-22-12-6-9-19(23(22)29-2)17-25-13-15-26(16-14-25)24(27)21-11-5-8-18-7-3-4-10-20(18)21/h3-12H,13-17H2,1-2H3/p+1. The summed E-state index contributed by atoms with van der Waals surface area (Å²) >= 11 is 0. The number of carbonyl (C=O) groups excluding carboxylic acids is 1. The first-order valence-electron chi connectivity index (χ1n) is 10.0. The molecule has 0 bridgehead atoms. The smallest absolute Gasteiger partial charge is 0.254 e. The van der Waals surface area contributed by atoms with E-state index in [0.29, 0.717) is 0 Å². The molecule has 0 atom stereocenters. The van der Waals surface area contributed by atoms with Crippen LogP contribution in [-0.2, 0) is 6.54 Å². The van der Waals surface area contributed by atoms with Crippen LogP contribution in [0.25, 0.3) is 10.8 Å². The molecule has 1 amide bonds. The second kappa shape index (κ2) is 8.53. The zero-order valence-corrected chi connectivity index (χ0v) is 17.0. The number of hydrogen-bond donors (Lipinski definition) is 1. The van der Waals surface area contributed by atoms with Crippen molar-refractivity contribution in [2.24, 2.45) is 0 Å². The molecule has 5 heteroatoms. The molecule has 1 heterocycles. The van der Waals surface area contributed by atoms with Crippen LogP contribution >= 0.6 is 0 Å². The van der Waals surface area contributed by atoms with Crippen molar-refractivity contribution >= 4 is 16.7 Å². The van der Waals surface area contributed by atoms with Crippen LogP contribution in [0.1, 0.15) is 15.9 Å². The van der Waals surface area contributed by atoms with Crippen molar-refractivity contribution in [3.05, 3.63) is 71.8 Å². The number of carbonyl (C=O) groups is 1. The van der Waals surface area contributed by atoms with E-state index in [0.717, 1.165) is 66.1 Å². The van der Waals surface area contributed by atoms with E-state index in [1.807, 2.05) is 47.4 Å². The molecule has 0 spiro atoms. The van der Waals surface area contributed by atoms with Crippen molar-refractivity contribution in [2.45, 2.75) is 6.54 Å². The third-order valence-electron chi connectivity index (χ3n) is 5.70. The number of piperazine rings is 1. The second-order valence-electron chi connectivity index (χ2n) is 7.40. The van der Waals surface area contributed by atoms with Gasteiger partial charge in [-0.25, -0.2) is 0 Å². The Hall–Kier alpha value is -3.05. The lowest BCUT2D eigenvalue weighted by molar-refractivity contribution is -0.917. The number of nitrogens with one attached hydrogen (secondary N) is 1. The summed E-state index contributed by atoms with van der Waals surface area (Å²) in [5, 5.41) is 2.13. The van der Waals surface area contributed by atoms with E-state index >= 15 is 0 Å². The number of nitrogens with zero attached hydrogens (tertiary/aromatic N) is 1. The quantitative estimate of drug-likeness (QED) is 0.726. The van der Waals surface area contributed by atoms with E-state index in [1.54, 1.807) is 14.2 Å². The van der Waals surface area contributed by atoms with E-state index < -0.39 is 0 Å². The maximum absolute atomic E-state index is 13.1. The lowest BCUT2D eigenvalue weighted by atomic mass is 10.0. The average molecular weight is 391 g/mol. The topological polar surface area (TPSA) is 43.2 Å². The molecule has 1 N–H and O–H groups in total. The molecule has 1 saturated heterocycles. The van der Waals surface area contributed by atoms with Gasteiger partial charge in [0.2, 0.25) is 0 Å². The van der Waals surface area contributed by atoms with E-state index in [-0.39, 0.29) is 5.91 Å². The molecule has 0 aliphatic carbocycles. The van der Waals surface area contributed by atoms with E-state index in [2.05, 4.69) is 18.2 Å². The lowest BCUT2D eigenvalue weighted by Gasteiger charge is -2.32. The Bertz CT molecular complexity index is 1000. The van der Waals surface area contributed by atoms with Gasteiger partial charge in [-0.1, -0.05) is 42.5 Å². The van der Waals surface area contributed by atoms with Crippen molar-refractivity contribution in [3.8, 4) is 11.5 Å². The molecular weight excluding hydrogens is 364 g/mol. The van der Waals surface area contributed by atoms with E-state index in [9.17, 15) is 4.79 Å². The zero-order valence-electron chi connectivity index (χ0n) is 17.0. The minimum Gasteiger partial charge on any atom is -0.493 e. The number of rotatable bonds is 5. The van der Waals surface area contributed by atoms with Gasteiger partial charge < -0.3 is 19.3 Å². The van der Waals surface area contributed by atoms with Crippen molar-refractivity contribution in [1.29, 1.82) is 0 Å². The zero-order chi connectivity index (χ0) is 20.2. The Morgan fingerprint density at radius 1 is 0.931 bits per heavy atom. The maximum Gasteiger partial charge on any atom is 0.254 e. The van der Waals surface area contributed by atoms with Crippen LogP contribution in [-0.4, -0.2) is 51.2 Å². The number of methoxy groups -OCH3 is 2. The second-order valence-corrected chi connectivity index (χ2v) is 7.40. The van der Waals surface area contributed by atoms with Crippen LogP contribution < -0.4 is 14.4 Å². The molecule has 3 aromatic rings. The third-order valence-corrected chi connectivity index (χ3v) is 5.70. The number of benzene rings is 3. The summed E-state index contributed by atoms with van der Waals surface area (Å²) in [4.78, 5) is 16.6. The average Bonchev–Trinajstić information content (AvgIpc) is 2.78. The molecule has 0 unspecified atom stereocenters. The Labute approximate surface area is 171 Å². The summed E-state index contributed by atoms with van der Waals surface area (Å²) in [5.41, 5.74) is 1.93. The maximum atomic E-state index is 13.1. The van der Waals surface area contributed by atoms with Crippen molar-refractivity contribution in [3.63, 3.8) is 0 Å². The fraction of sp³-hybridized carbons (Fsp3) is 0.292. The van der Waals surface area contributed by atoms with Crippen molar-refractivity contribution in [2.75, 3.05) is 40.4 Å². The molecule has 5 nitrogen and oxygen atoms in total. The van der Waals surface area contributed by atoms with Gasteiger partial charge in [-0.15, -0.1) is 0 Å². The fourth-order valence-corrected chi connectivity index (χ4v) is 4.15. The summed E-state index contributed by atoms with van der Waals surface area (Å²) < 4.78 is 11.0. The molecule has 0 radical (unpaired) electrons. The monoisotopic (exact) mass is 391 g/mol. The van der Waals surface area contributed by atoms with E-state index in [4.69, 9.17) is 9.47 Å². The molecule has 1 aliphatic rings. The van der Waals surface area contributed by atoms with Crippen LogP contribution in [0.15, 0.2) is 60.7 Å². The minimum absolute atomic E-state index is 0.125. The van der Waals surface area contributed by atoms with Gasteiger partial charge in [-0.05, 0) is 29.0 Å². The number of para-hydroxylation sites is 1. The van der Waals surface area contributed by atoms with Crippen LogP contribution in [0.3, 0.4) is 0 Å². The largest absolute Gasteiger partial charge is 0.493 e. The molecule has 0 aromatic heterocycles. The number of amides is 1. The van der Waals surface area contributed by atoms with Crippen LogP contribution in [0.2, 0.25) is 0 Å². The summed E-state index contributed by atoms with van der Waals surface area (Å²) in [7, 11) is 3.34. The highest BCUT2D eigenvalue weighted by Crippen LogP contribution is 2.30. The van der Waals surface area contributed by atoms with Crippen molar-refractivity contribution < 1.29 is 19.2 Å². The summed E-state index contributed by atoms with van der Waals surface area (Å²) in [6.45, 7) is 4.19. The fourth-order valence-electron chi connectivity index (χ4n) is 4.15. The third kappa shape index (κ3) is 3.91. The number of hydrogen-bond acceptors (Lipinski definition) is 3. The first-order valence-corrected chi connectivity index (χ1v) is 10.0. The van der Waals surface area contributed by atoms with Gasteiger partial charge >= 0.3 is 0 Å². The predicted octanol–water partition coefficient (Wildman–Crippen LogP) is 2.40. The summed E-state index contributed by atoms with van der Waals surface area (Å²) in [6.07, 6.45) is 0. The van der Waals surface area contributed by atoms with Crippen LogP contribution in [0.4, 0.5) is 0 Å². The predicted molar refractivity (Wildman–Crippen MR) is 114 cm³/mol. The summed E-state index contributed by atoms with van der Waals surface area (Å²) in [6, 6.07) is 20.0. The van der Waals surface area contributed by atoms with E-state index in [1.165, 1.54) is 4.90 Å². The highest BCUT2D eigenvalue weighted by atomic mass is 16.5. The number of fused-ring (bicyclic) bond motifs is 1. The molecule has 1 fully saturated rings. The molecule has 1 aliphatic heterocycles. The first kappa shape index (κ1) is 19.3. The highest BCUT2D eigenvalue weighted by Gasteiger charge is 2.26. The van der Waals surface area contributed by atoms with Gasteiger partial charge in [0.1, 0.15) is 6.54 Å². The first-order chi connectivity index (χ1) is 14.2. The summed E-state index contributed by atoms with van der Waals surface area (Å²) in [5.74, 6) is 1.69. The van der Waals surface area contributed by atoms with Gasteiger partial charge in [-0.2, -0.15) is 0 Å². The minimum atomic E-state index is 0.125. The molecule has 3 aromatic carbocycles. The van der Waals surface area contributed by atoms with Gasteiger partial charge in [0.05, 0.1) is 46.0 Å². The Kier molecular flexibility index (Phi) is 5.67. The SMILES string of the molecule is COc1cccc(C[NH+]2CCN(C(=O)c3cccc4ccccc34)CC2)c1OC. The van der Waals surface area contributed by atoms with Gasteiger partial charge in [-0.3, -0.25) is 4.79 Å². The Morgan fingerprint density at radius 2 is 1.66 bits per heavy atom. The number of quaternary nitrogens is 1. The Balaban J connectivity index is 1.44. The van der Waals surface area contributed by atoms with Crippen LogP contribution in [0, 0.1) is 0 Å². The molecule has 4 rings (SSSR count). The molecule has 150 valence electrons. The molecule has 0 saturated carbocycles. The highest BCUT2D eigenvalue weighted by molar-refractivity contribution is 6.07. The molecule has 29 heavy (non-hydrogen) atoms. The number of ether oxygens (including phenoxy) is 2. The van der Waals surface area contributed by atoms with Crippen LogP contribution in [0.5, 0.6) is 11.5 Å². The van der Waals surface area contributed by atoms with Gasteiger partial charge in [0, 0.05) is 5.56 Å². The molecular formula is C24H27N2O3+. The van der Waals surface area contributed by atoms with Gasteiger partial charge in [0.25, 0.3) is 5.91 Å². The Morgan fingerprint density at radius 3 is 2.41 bits per heavy atom. The van der Waals surface area contributed by atoms with Gasteiger partial charge in [0.15, 0.2) is 11.5 Å². The lowest BCUT2D eigenvalue weighted by Crippen LogP contribution is -3.13. The normalized spacial score (nSPS) is 14.8. The van der Waals surface area contributed by atoms with Crippen molar-refractivity contribution in [1.82, 2.24) is 4.90 Å².